The highest BCUT2D eigenvalue weighted by molar-refractivity contribution is 5.95. The lowest BCUT2D eigenvalue weighted by molar-refractivity contribution is -0.117. The fourth-order valence-corrected chi connectivity index (χ4v) is 3.62. The maximum absolute atomic E-state index is 12.3. The number of benzene rings is 1. The predicted octanol–water partition coefficient (Wildman–Crippen LogP) is 1.68. The lowest BCUT2D eigenvalue weighted by Crippen LogP contribution is -2.29. The number of nitrogens with zero attached hydrogens (tertiary/aromatic N) is 4. The topological polar surface area (TPSA) is 92.2 Å². The van der Waals surface area contributed by atoms with Crippen molar-refractivity contribution in [2.24, 2.45) is 0 Å². The minimum absolute atomic E-state index is 0. The summed E-state index contributed by atoms with van der Waals surface area (Å²) in [6.07, 6.45) is 5.25. The Bertz CT molecular complexity index is 816. The molecule has 28 heavy (non-hydrogen) atoms. The molecule has 0 spiro atoms. The fourth-order valence-electron chi connectivity index (χ4n) is 3.62. The van der Waals surface area contributed by atoms with Crippen LogP contribution in [0.2, 0.25) is 0 Å². The maximum Gasteiger partial charge on any atom is 0.273 e. The van der Waals surface area contributed by atoms with Crippen LogP contribution in [-0.2, 0) is 11.3 Å². The highest BCUT2D eigenvalue weighted by atomic mass is 35.5. The van der Waals surface area contributed by atoms with Gasteiger partial charge in [-0.1, -0.05) is 17.3 Å². The van der Waals surface area contributed by atoms with Crippen LogP contribution in [0, 0.1) is 0 Å². The fraction of sp³-hybridized carbons (Fsp3) is 0.474. The molecule has 2 aromatic rings. The molecule has 0 unspecified atom stereocenters. The van der Waals surface area contributed by atoms with Gasteiger partial charge in [-0.3, -0.25) is 9.59 Å². The second kappa shape index (κ2) is 9.16. The molecular formula is C19H25ClN6O2. The molecule has 150 valence electrons. The van der Waals surface area contributed by atoms with Crippen LogP contribution < -0.4 is 15.5 Å². The summed E-state index contributed by atoms with van der Waals surface area (Å²) in [5.41, 5.74) is 2.23. The number of piperidine rings is 1. The van der Waals surface area contributed by atoms with Gasteiger partial charge in [0.05, 0.1) is 12.2 Å². The van der Waals surface area contributed by atoms with E-state index >= 15 is 0 Å². The molecule has 0 aliphatic carbocycles. The molecule has 9 heteroatoms. The molecule has 2 N–H and O–H groups in total. The predicted molar refractivity (Wildman–Crippen MR) is 108 cm³/mol. The van der Waals surface area contributed by atoms with Crippen LogP contribution >= 0.6 is 12.4 Å². The first-order valence-electron chi connectivity index (χ1n) is 9.51. The van der Waals surface area contributed by atoms with Gasteiger partial charge in [0.2, 0.25) is 5.91 Å². The van der Waals surface area contributed by atoms with Crippen molar-refractivity contribution in [3.05, 3.63) is 41.7 Å². The first kappa shape index (κ1) is 20.3. The highest BCUT2D eigenvalue weighted by Crippen LogP contribution is 2.21. The lowest BCUT2D eigenvalue weighted by Gasteiger charge is -2.22. The third kappa shape index (κ3) is 4.51. The van der Waals surface area contributed by atoms with Crippen LogP contribution in [0.15, 0.2) is 30.5 Å². The van der Waals surface area contributed by atoms with Gasteiger partial charge in [0, 0.05) is 25.2 Å². The summed E-state index contributed by atoms with van der Waals surface area (Å²) >= 11 is 0. The van der Waals surface area contributed by atoms with Crippen molar-refractivity contribution in [3.63, 3.8) is 0 Å². The van der Waals surface area contributed by atoms with E-state index in [9.17, 15) is 9.59 Å². The second-order valence-electron chi connectivity index (χ2n) is 7.06. The van der Waals surface area contributed by atoms with Crippen molar-refractivity contribution >= 4 is 29.9 Å². The van der Waals surface area contributed by atoms with E-state index < -0.39 is 0 Å². The normalized spacial score (nSPS) is 17.4. The molecule has 4 rings (SSSR count). The Hall–Kier alpha value is -2.45. The van der Waals surface area contributed by atoms with Gasteiger partial charge in [-0.25, -0.2) is 4.68 Å². The van der Waals surface area contributed by atoms with E-state index in [2.05, 4.69) is 20.9 Å². The summed E-state index contributed by atoms with van der Waals surface area (Å²) in [5.74, 6) is -0.0538. The molecule has 0 bridgehead atoms. The van der Waals surface area contributed by atoms with Gasteiger partial charge in [-0.2, -0.15) is 0 Å². The molecule has 8 nitrogen and oxygen atoms in total. The summed E-state index contributed by atoms with van der Waals surface area (Å²) in [4.78, 5) is 25.9. The van der Waals surface area contributed by atoms with Crippen LogP contribution in [0.25, 0.3) is 0 Å². The van der Waals surface area contributed by atoms with Gasteiger partial charge in [-0.05, 0) is 50.0 Å². The molecule has 2 saturated heterocycles. The van der Waals surface area contributed by atoms with E-state index in [4.69, 9.17) is 0 Å². The van der Waals surface area contributed by atoms with Crippen LogP contribution in [-0.4, -0.2) is 46.4 Å². The summed E-state index contributed by atoms with van der Waals surface area (Å²) in [5, 5.41) is 14.3. The highest BCUT2D eigenvalue weighted by Gasteiger charge is 2.21. The smallest absolute Gasteiger partial charge is 0.273 e. The van der Waals surface area contributed by atoms with E-state index in [1.807, 2.05) is 24.3 Å². The Morgan fingerprint density at radius 3 is 2.64 bits per heavy atom. The van der Waals surface area contributed by atoms with Crippen molar-refractivity contribution in [1.29, 1.82) is 0 Å². The van der Waals surface area contributed by atoms with Crippen molar-refractivity contribution in [3.8, 4) is 0 Å². The Morgan fingerprint density at radius 1 is 1.21 bits per heavy atom. The average molecular weight is 405 g/mol. The monoisotopic (exact) mass is 404 g/mol. The van der Waals surface area contributed by atoms with E-state index in [1.54, 1.807) is 15.8 Å². The number of amides is 2. The molecule has 1 aromatic carbocycles. The minimum Gasteiger partial charge on any atom is -0.347 e. The van der Waals surface area contributed by atoms with Gasteiger partial charge in [-0.15, -0.1) is 17.5 Å². The molecule has 3 heterocycles. The number of hydrogen-bond donors (Lipinski definition) is 2. The first-order chi connectivity index (χ1) is 13.2. The zero-order chi connectivity index (χ0) is 18.6. The largest absolute Gasteiger partial charge is 0.347 e. The van der Waals surface area contributed by atoms with Crippen LogP contribution in [0.4, 0.5) is 5.69 Å². The second-order valence-corrected chi connectivity index (χ2v) is 7.06. The van der Waals surface area contributed by atoms with E-state index in [0.29, 0.717) is 24.7 Å². The minimum atomic E-state index is -0.228. The van der Waals surface area contributed by atoms with Crippen molar-refractivity contribution in [2.45, 2.75) is 38.3 Å². The average Bonchev–Trinajstić information content (AvgIpc) is 3.37. The molecule has 2 aliphatic rings. The zero-order valence-corrected chi connectivity index (χ0v) is 16.5. The number of rotatable bonds is 5. The molecule has 2 amide bonds. The van der Waals surface area contributed by atoms with Crippen molar-refractivity contribution in [1.82, 2.24) is 25.6 Å². The maximum atomic E-state index is 12.3. The third-order valence-electron chi connectivity index (χ3n) is 5.20. The first-order valence-corrected chi connectivity index (χ1v) is 9.51. The van der Waals surface area contributed by atoms with Gasteiger partial charge >= 0.3 is 0 Å². The number of carbonyl (C=O) groups is 2. The Kier molecular flexibility index (Phi) is 6.64. The summed E-state index contributed by atoms with van der Waals surface area (Å²) in [7, 11) is 0. The molecular weight excluding hydrogens is 380 g/mol. The van der Waals surface area contributed by atoms with Crippen molar-refractivity contribution in [2.75, 3.05) is 24.5 Å². The SMILES string of the molecule is Cl.O=C(NCc1ccc(N2CCCC2=O)cc1)c1cn(C2CCNCC2)nn1. The van der Waals surface area contributed by atoms with Crippen LogP contribution in [0.3, 0.4) is 0 Å². The van der Waals surface area contributed by atoms with Crippen molar-refractivity contribution < 1.29 is 9.59 Å². The quantitative estimate of drug-likeness (QED) is 0.791. The van der Waals surface area contributed by atoms with E-state index in [-0.39, 0.29) is 24.2 Å². The number of anilines is 1. The summed E-state index contributed by atoms with van der Waals surface area (Å²) in [6.45, 7) is 3.12. The number of halogens is 1. The third-order valence-corrected chi connectivity index (χ3v) is 5.20. The Balaban J connectivity index is 0.00000225. The molecule has 1 aromatic heterocycles. The Labute approximate surface area is 170 Å². The summed E-state index contributed by atoms with van der Waals surface area (Å²) < 4.78 is 1.80. The van der Waals surface area contributed by atoms with Gasteiger partial charge in [0.15, 0.2) is 5.69 Å². The number of hydrogen-bond acceptors (Lipinski definition) is 5. The van der Waals surface area contributed by atoms with E-state index in [1.165, 1.54) is 0 Å². The molecule has 2 fully saturated rings. The Morgan fingerprint density at radius 2 is 1.96 bits per heavy atom. The van der Waals surface area contributed by atoms with Crippen LogP contribution in [0.1, 0.15) is 47.8 Å². The lowest BCUT2D eigenvalue weighted by atomic mass is 10.1. The molecule has 0 saturated carbocycles. The molecule has 0 radical (unpaired) electrons. The van der Waals surface area contributed by atoms with Gasteiger partial charge < -0.3 is 15.5 Å². The van der Waals surface area contributed by atoms with Gasteiger partial charge in [0.1, 0.15) is 0 Å². The summed E-state index contributed by atoms with van der Waals surface area (Å²) in [6, 6.07) is 8.04. The van der Waals surface area contributed by atoms with E-state index in [0.717, 1.165) is 50.1 Å². The number of carbonyl (C=O) groups excluding carboxylic acids is 2. The molecule has 0 atom stereocenters. The number of aromatic nitrogens is 3. The van der Waals surface area contributed by atoms with Crippen LogP contribution in [0.5, 0.6) is 0 Å². The zero-order valence-electron chi connectivity index (χ0n) is 15.6. The number of nitrogens with one attached hydrogen (secondary N) is 2. The standard InChI is InChI=1S/C19H24N6O2.ClH/c26-18-2-1-11-24(18)15-5-3-14(4-6-15)12-21-19(27)17-13-25(23-22-17)16-7-9-20-10-8-16;/h3-6,13,16,20H,1-2,7-12H2,(H,21,27);1H. The van der Waals surface area contributed by atoms with Gasteiger partial charge in [0.25, 0.3) is 5.91 Å². The molecule has 2 aliphatic heterocycles.